The number of carbonyl (C=O) groups is 2. The summed E-state index contributed by atoms with van der Waals surface area (Å²) >= 11 is 0. The molecule has 0 bridgehead atoms. The predicted octanol–water partition coefficient (Wildman–Crippen LogP) is 3.51. The van der Waals surface area contributed by atoms with E-state index in [0.717, 1.165) is 11.5 Å². The molecule has 2 rings (SSSR count). The maximum absolute atomic E-state index is 12.0. The Morgan fingerprint density at radius 2 is 1.65 bits per heavy atom. The highest BCUT2D eigenvalue weighted by Gasteiger charge is 2.09. The smallest absolute Gasteiger partial charge is 0.307 e. The second kappa shape index (κ2) is 10.1. The lowest BCUT2D eigenvalue weighted by Crippen LogP contribution is -2.15. The zero-order chi connectivity index (χ0) is 18.8. The van der Waals surface area contributed by atoms with E-state index in [1.807, 2.05) is 31.2 Å². The molecule has 0 heterocycles. The van der Waals surface area contributed by atoms with Crippen molar-refractivity contribution in [2.24, 2.45) is 0 Å². The normalized spacial score (nSPS) is 10.2. The maximum atomic E-state index is 12.0. The van der Waals surface area contributed by atoms with Crippen LogP contribution in [-0.4, -0.2) is 30.2 Å². The zero-order valence-corrected chi connectivity index (χ0v) is 14.7. The molecule has 26 heavy (non-hydrogen) atoms. The van der Waals surface area contributed by atoms with Crippen LogP contribution in [0, 0.1) is 0 Å². The van der Waals surface area contributed by atoms with Gasteiger partial charge in [-0.3, -0.25) is 9.59 Å². The SMILES string of the molecule is CCOc1ccc(OCCCC(=O)Nc2ccccc2CC(=O)O)cc1. The largest absolute Gasteiger partial charge is 0.494 e. The molecule has 0 aliphatic carbocycles. The molecule has 0 radical (unpaired) electrons. The summed E-state index contributed by atoms with van der Waals surface area (Å²) in [4.78, 5) is 22.9. The van der Waals surface area contributed by atoms with Crippen molar-refractivity contribution in [2.75, 3.05) is 18.5 Å². The Labute approximate surface area is 152 Å². The fraction of sp³-hybridized carbons (Fsp3) is 0.300. The van der Waals surface area contributed by atoms with Gasteiger partial charge in [0.15, 0.2) is 0 Å². The lowest BCUT2D eigenvalue weighted by atomic mass is 10.1. The molecule has 6 nitrogen and oxygen atoms in total. The van der Waals surface area contributed by atoms with E-state index in [1.54, 1.807) is 24.3 Å². The third kappa shape index (κ3) is 6.47. The minimum Gasteiger partial charge on any atom is -0.494 e. The van der Waals surface area contributed by atoms with Gasteiger partial charge in [0.2, 0.25) is 5.91 Å². The van der Waals surface area contributed by atoms with Crippen molar-refractivity contribution in [1.82, 2.24) is 0 Å². The van der Waals surface area contributed by atoms with Crippen LogP contribution >= 0.6 is 0 Å². The van der Waals surface area contributed by atoms with E-state index in [2.05, 4.69) is 5.32 Å². The van der Waals surface area contributed by atoms with Crippen LogP contribution in [0.4, 0.5) is 5.69 Å². The standard InChI is InChI=1S/C20H23NO5/c1-2-25-16-9-11-17(12-10-16)26-13-5-8-19(22)21-18-7-4-3-6-15(18)14-20(23)24/h3-4,6-7,9-12H,2,5,8,13-14H2,1H3,(H,21,22)(H,23,24). The number of rotatable bonds is 10. The molecule has 2 aromatic carbocycles. The molecule has 138 valence electrons. The number of anilines is 1. The summed E-state index contributed by atoms with van der Waals surface area (Å²) in [6.45, 7) is 2.96. The van der Waals surface area contributed by atoms with Crippen LogP contribution in [0.3, 0.4) is 0 Å². The van der Waals surface area contributed by atoms with Crippen LogP contribution in [-0.2, 0) is 16.0 Å². The van der Waals surface area contributed by atoms with E-state index < -0.39 is 5.97 Å². The number of carboxylic acid groups (broad SMARTS) is 1. The van der Waals surface area contributed by atoms with Crippen LogP contribution in [0.2, 0.25) is 0 Å². The molecular weight excluding hydrogens is 334 g/mol. The summed E-state index contributed by atoms with van der Waals surface area (Å²) in [5, 5.41) is 11.7. The third-order valence-corrected chi connectivity index (χ3v) is 3.58. The Kier molecular flexibility index (Phi) is 7.49. The molecule has 0 fully saturated rings. The summed E-state index contributed by atoms with van der Waals surface area (Å²) in [6, 6.07) is 14.2. The van der Waals surface area contributed by atoms with Gasteiger partial charge >= 0.3 is 5.97 Å². The van der Waals surface area contributed by atoms with Crippen LogP contribution in [0.15, 0.2) is 48.5 Å². The number of nitrogens with one attached hydrogen (secondary N) is 1. The van der Waals surface area contributed by atoms with Gasteiger partial charge in [0.25, 0.3) is 0 Å². The van der Waals surface area contributed by atoms with Crippen molar-refractivity contribution in [1.29, 1.82) is 0 Å². The van der Waals surface area contributed by atoms with E-state index in [-0.39, 0.29) is 12.3 Å². The van der Waals surface area contributed by atoms with E-state index in [1.165, 1.54) is 0 Å². The number of ether oxygens (including phenoxy) is 2. The second-order valence-electron chi connectivity index (χ2n) is 5.63. The molecule has 0 saturated heterocycles. The van der Waals surface area contributed by atoms with Gasteiger partial charge in [0.1, 0.15) is 11.5 Å². The monoisotopic (exact) mass is 357 g/mol. The Morgan fingerprint density at radius 1 is 1.00 bits per heavy atom. The van der Waals surface area contributed by atoms with Crippen LogP contribution < -0.4 is 14.8 Å². The quantitative estimate of drug-likeness (QED) is 0.636. The van der Waals surface area contributed by atoms with Gasteiger partial charge in [-0.25, -0.2) is 0 Å². The molecule has 0 saturated carbocycles. The van der Waals surface area contributed by atoms with Crippen molar-refractivity contribution in [2.45, 2.75) is 26.2 Å². The van der Waals surface area contributed by atoms with Gasteiger partial charge in [-0.2, -0.15) is 0 Å². The number of amides is 1. The molecular formula is C20H23NO5. The average molecular weight is 357 g/mol. The van der Waals surface area contributed by atoms with E-state index in [0.29, 0.717) is 37.3 Å². The Morgan fingerprint density at radius 3 is 2.31 bits per heavy atom. The van der Waals surface area contributed by atoms with Gasteiger partial charge in [-0.05, 0) is 49.2 Å². The summed E-state index contributed by atoms with van der Waals surface area (Å²) in [7, 11) is 0. The number of aliphatic carboxylic acids is 1. The second-order valence-corrected chi connectivity index (χ2v) is 5.63. The molecule has 0 aliphatic rings. The van der Waals surface area contributed by atoms with Crippen LogP contribution in [0.5, 0.6) is 11.5 Å². The van der Waals surface area contributed by atoms with E-state index >= 15 is 0 Å². The first-order chi connectivity index (χ1) is 12.6. The summed E-state index contributed by atoms with van der Waals surface area (Å²) in [5.74, 6) is 0.411. The first kappa shape index (κ1) is 19.3. The van der Waals surface area contributed by atoms with E-state index in [9.17, 15) is 9.59 Å². The van der Waals surface area contributed by atoms with Gasteiger partial charge in [0, 0.05) is 12.1 Å². The lowest BCUT2D eigenvalue weighted by molar-refractivity contribution is -0.136. The molecule has 2 N–H and O–H groups in total. The van der Waals surface area contributed by atoms with Gasteiger partial charge in [-0.15, -0.1) is 0 Å². The van der Waals surface area contributed by atoms with Crippen molar-refractivity contribution in [3.63, 3.8) is 0 Å². The van der Waals surface area contributed by atoms with Crippen molar-refractivity contribution in [3.05, 3.63) is 54.1 Å². The highest BCUT2D eigenvalue weighted by Crippen LogP contribution is 2.18. The summed E-state index contributed by atoms with van der Waals surface area (Å²) in [5.41, 5.74) is 1.12. The fourth-order valence-electron chi connectivity index (χ4n) is 2.39. The van der Waals surface area contributed by atoms with Crippen LogP contribution in [0.25, 0.3) is 0 Å². The predicted molar refractivity (Wildman–Crippen MR) is 98.8 cm³/mol. The minimum atomic E-state index is -0.935. The molecule has 1 amide bonds. The zero-order valence-electron chi connectivity index (χ0n) is 14.7. The maximum Gasteiger partial charge on any atom is 0.307 e. The Bertz CT molecular complexity index is 727. The molecule has 0 unspecified atom stereocenters. The van der Waals surface area contributed by atoms with Crippen molar-refractivity contribution < 1.29 is 24.2 Å². The van der Waals surface area contributed by atoms with Crippen LogP contribution in [0.1, 0.15) is 25.3 Å². The van der Waals surface area contributed by atoms with Crippen molar-refractivity contribution >= 4 is 17.6 Å². The molecule has 0 aromatic heterocycles. The summed E-state index contributed by atoms with van der Waals surface area (Å²) < 4.78 is 11.0. The van der Waals surface area contributed by atoms with Gasteiger partial charge < -0.3 is 19.9 Å². The number of hydrogen-bond acceptors (Lipinski definition) is 4. The van der Waals surface area contributed by atoms with E-state index in [4.69, 9.17) is 14.6 Å². The number of para-hydroxylation sites is 1. The Hall–Kier alpha value is -3.02. The number of hydrogen-bond donors (Lipinski definition) is 2. The molecule has 0 atom stereocenters. The number of carboxylic acids is 1. The topological polar surface area (TPSA) is 84.9 Å². The molecule has 6 heteroatoms. The summed E-state index contributed by atoms with van der Waals surface area (Å²) in [6.07, 6.45) is 0.718. The highest BCUT2D eigenvalue weighted by molar-refractivity contribution is 5.92. The van der Waals surface area contributed by atoms with Gasteiger partial charge in [-0.1, -0.05) is 18.2 Å². The van der Waals surface area contributed by atoms with Gasteiger partial charge in [0.05, 0.1) is 19.6 Å². The van der Waals surface area contributed by atoms with Crippen molar-refractivity contribution in [3.8, 4) is 11.5 Å². The first-order valence-electron chi connectivity index (χ1n) is 8.53. The third-order valence-electron chi connectivity index (χ3n) is 3.58. The minimum absolute atomic E-state index is 0.128. The number of benzene rings is 2. The fourth-order valence-corrected chi connectivity index (χ4v) is 2.39. The molecule has 0 spiro atoms. The lowest BCUT2D eigenvalue weighted by Gasteiger charge is -2.10. The highest BCUT2D eigenvalue weighted by atomic mass is 16.5. The molecule has 2 aromatic rings. The number of carbonyl (C=O) groups excluding carboxylic acids is 1. The Balaban J connectivity index is 1.74. The first-order valence-corrected chi connectivity index (χ1v) is 8.53. The molecule has 0 aliphatic heterocycles. The average Bonchev–Trinajstić information content (AvgIpc) is 2.62.